The zero-order chi connectivity index (χ0) is 21.9. The van der Waals surface area contributed by atoms with Crippen LogP contribution in [0.25, 0.3) is 10.9 Å². The normalized spacial score (nSPS) is 17.6. The van der Waals surface area contributed by atoms with Crippen LogP contribution in [0.3, 0.4) is 0 Å². The second-order valence-corrected chi connectivity index (χ2v) is 8.47. The van der Waals surface area contributed by atoms with Gasteiger partial charge >= 0.3 is 0 Å². The van der Waals surface area contributed by atoms with Gasteiger partial charge in [0.15, 0.2) is 0 Å². The average molecular weight is 432 g/mol. The van der Waals surface area contributed by atoms with E-state index in [2.05, 4.69) is 31.9 Å². The highest BCUT2D eigenvalue weighted by Gasteiger charge is 2.31. The first kappa shape index (κ1) is 20.5. The number of piperazine rings is 1. The Balaban J connectivity index is 1.20. The standard InChI is InChI=1S/C25H29N5O2/c1-32-20-5-6-22-21(18-20)23(7-11-26-22)28-12-8-19(9-13-28)25(31)30-16-14-29(15-17-30)24-4-2-3-10-27-24/h2-7,10-11,18-19H,8-9,12-17H2,1H3. The number of ether oxygens (including phenoxy) is 1. The summed E-state index contributed by atoms with van der Waals surface area (Å²) < 4.78 is 5.41. The van der Waals surface area contributed by atoms with E-state index in [0.29, 0.717) is 5.91 Å². The van der Waals surface area contributed by atoms with Gasteiger partial charge in [0.05, 0.1) is 12.6 Å². The number of benzene rings is 1. The van der Waals surface area contributed by atoms with Crippen molar-refractivity contribution in [1.82, 2.24) is 14.9 Å². The molecule has 0 N–H and O–H groups in total. The molecule has 0 unspecified atom stereocenters. The van der Waals surface area contributed by atoms with Crippen LogP contribution in [0.15, 0.2) is 54.9 Å². The highest BCUT2D eigenvalue weighted by Crippen LogP contribution is 2.32. The zero-order valence-electron chi connectivity index (χ0n) is 18.5. The summed E-state index contributed by atoms with van der Waals surface area (Å²) in [5.41, 5.74) is 2.14. The van der Waals surface area contributed by atoms with E-state index in [-0.39, 0.29) is 5.92 Å². The monoisotopic (exact) mass is 431 g/mol. The molecule has 2 aliphatic rings. The van der Waals surface area contributed by atoms with E-state index in [1.54, 1.807) is 7.11 Å². The van der Waals surface area contributed by atoms with Crippen LogP contribution in [0.5, 0.6) is 5.75 Å². The summed E-state index contributed by atoms with van der Waals surface area (Å²) in [4.78, 5) is 28.8. The van der Waals surface area contributed by atoms with Gasteiger partial charge in [0, 0.05) is 68.7 Å². The molecule has 7 nitrogen and oxygen atoms in total. The van der Waals surface area contributed by atoms with E-state index in [1.807, 2.05) is 47.6 Å². The van der Waals surface area contributed by atoms with Crippen LogP contribution in [0.4, 0.5) is 11.5 Å². The molecule has 0 atom stereocenters. The Hall–Kier alpha value is -3.35. The topological polar surface area (TPSA) is 61.8 Å². The number of fused-ring (bicyclic) bond motifs is 1. The highest BCUT2D eigenvalue weighted by atomic mass is 16.5. The van der Waals surface area contributed by atoms with Crippen molar-refractivity contribution < 1.29 is 9.53 Å². The summed E-state index contributed by atoms with van der Waals surface area (Å²) in [5, 5.41) is 1.10. The molecular formula is C25H29N5O2. The number of hydrogen-bond acceptors (Lipinski definition) is 6. The van der Waals surface area contributed by atoms with Crippen LogP contribution >= 0.6 is 0 Å². The van der Waals surface area contributed by atoms with Gasteiger partial charge in [0.2, 0.25) is 5.91 Å². The van der Waals surface area contributed by atoms with E-state index in [9.17, 15) is 4.79 Å². The first-order chi connectivity index (χ1) is 15.7. The molecule has 166 valence electrons. The third kappa shape index (κ3) is 4.07. The second kappa shape index (κ2) is 9.02. The van der Waals surface area contributed by atoms with Gasteiger partial charge in [-0.15, -0.1) is 0 Å². The van der Waals surface area contributed by atoms with E-state index >= 15 is 0 Å². The Morgan fingerprint density at radius 3 is 2.44 bits per heavy atom. The lowest BCUT2D eigenvalue weighted by molar-refractivity contribution is -0.136. The van der Waals surface area contributed by atoms with Gasteiger partial charge in [-0.2, -0.15) is 0 Å². The molecule has 3 aromatic rings. The van der Waals surface area contributed by atoms with Crippen LogP contribution in [0, 0.1) is 5.92 Å². The summed E-state index contributed by atoms with van der Waals surface area (Å²) in [6, 6.07) is 14.0. The first-order valence-electron chi connectivity index (χ1n) is 11.4. The van der Waals surface area contributed by atoms with Crippen molar-refractivity contribution in [3.05, 3.63) is 54.9 Å². The maximum Gasteiger partial charge on any atom is 0.225 e. The lowest BCUT2D eigenvalue weighted by Gasteiger charge is -2.39. The average Bonchev–Trinajstić information content (AvgIpc) is 2.88. The Kier molecular flexibility index (Phi) is 5.79. The number of anilines is 2. The quantitative estimate of drug-likeness (QED) is 0.632. The summed E-state index contributed by atoms with van der Waals surface area (Å²) >= 11 is 0. The maximum atomic E-state index is 13.2. The number of pyridine rings is 2. The summed E-state index contributed by atoms with van der Waals surface area (Å²) in [6.45, 7) is 4.97. The molecule has 32 heavy (non-hydrogen) atoms. The van der Waals surface area contributed by atoms with Crippen molar-refractivity contribution in [2.24, 2.45) is 5.92 Å². The van der Waals surface area contributed by atoms with E-state index in [0.717, 1.165) is 74.6 Å². The molecule has 2 fully saturated rings. The second-order valence-electron chi connectivity index (χ2n) is 8.47. The lowest BCUT2D eigenvalue weighted by atomic mass is 9.94. The molecule has 0 radical (unpaired) electrons. The van der Waals surface area contributed by atoms with Crippen LogP contribution in [-0.2, 0) is 4.79 Å². The van der Waals surface area contributed by atoms with Gasteiger partial charge in [-0.25, -0.2) is 4.98 Å². The minimum atomic E-state index is 0.107. The first-order valence-corrected chi connectivity index (χ1v) is 11.4. The number of nitrogens with zero attached hydrogens (tertiary/aromatic N) is 5. The fourth-order valence-corrected chi connectivity index (χ4v) is 4.84. The molecule has 1 amide bonds. The fraction of sp³-hybridized carbons (Fsp3) is 0.400. The van der Waals surface area contributed by atoms with Crippen LogP contribution in [0.2, 0.25) is 0 Å². The van der Waals surface area contributed by atoms with Gasteiger partial charge in [-0.1, -0.05) is 6.07 Å². The molecule has 2 saturated heterocycles. The van der Waals surface area contributed by atoms with Crippen molar-refractivity contribution in [3.63, 3.8) is 0 Å². The largest absolute Gasteiger partial charge is 0.497 e. The third-order valence-corrected chi connectivity index (χ3v) is 6.68. The smallest absolute Gasteiger partial charge is 0.225 e. The van der Waals surface area contributed by atoms with Crippen molar-refractivity contribution in [2.75, 3.05) is 56.2 Å². The van der Waals surface area contributed by atoms with Gasteiger partial charge < -0.3 is 19.4 Å². The van der Waals surface area contributed by atoms with E-state index in [1.165, 1.54) is 5.69 Å². The van der Waals surface area contributed by atoms with Gasteiger partial charge in [0.25, 0.3) is 0 Å². The SMILES string of the molecule is COc1ccc2nccc(N3CCC(C(=O)N4CCN(c5ccccn5)CC4)CC3)c2c1. The van der Waals surface area contributed by atoms with Crippen molar-refractivity contribution in [3.8, 4) is 5.75 Å². The summed E-state index contributed by atoms with van der Waals surface area (Å²) in [5.74, 6) is 2.25. The number of piperidine rings is 1. The molecule has 0 bridgehead atoms. The van der Waals surface area contributed by atoms with Crippen LogP contribution in [0.1, 0.15) is 12.8 Å². The Morgan fingerprint density at radius 2 is 1.72 bits per heavy atom. The Morgan fingerprint density at radius 1 is 0.906 bits per heavy atom. The van der Waals surface area contributed by atoms with Gasteiger partial charge in [-0.05, 0) is 49.2 Å². The molecule has 2 aromatic heterocycles. The number of aromatic nitrogens is 2. The van der Waals surface area contributed by atoms with Crippen molar-refractivity contribution in [1.29, 1.82) is 0 Å². The molecule has 2 aliphatic heterocycles. The molecule has 4 heterocycles. The van der Waals surface area contributed by atoms with Gasteiger partial charge in [-0.3, -0.25) is 9.78 Å². The maximum absolute atomic E-state index is 13.2. The third-order valence-electron chi connectivity index (χ3n) is 6.68. The van der Waals surface area contributed by atoms with Gasteiger partial charge in [0.1, 0.15) is 11.6 Å². The fourth-order valence-electron chi connectivity index (χ4n) is 4.84. The zero-order valence-corrected chi connectivity index (χ0v) is 18.5. The molecular weight excluding hydrogens is 402 g/mol. The minimum absolute atomic E-state index is 0.107. The van der Waals surface area contributed by atoms with Crippen LogP contribution < -0.4 is 14.5 Å². The molecule has 0 spiro atoms. The predicted octanol–water partition coefficient (Wildman–Crippen LogP) is 3.20. The molecule has 0 aliphatic carbocycles. The molecule has 7 heteroatoms. The van der Waals surface area contributed by atoms with Crippen LogP contribution in [-0.4, -0.2) is 67.2 Å². The molecule has 5 rings (SSSR count). The molecule has 1 aromatic carbocycles. The summed E-state index contributed by atoms with van der Waals surface area (Å²) in [6.07, 6.45) is 5.45. The van der Waals surface area contributed by atoms with Crippen molar-refractivity contribution >= 4 is 28.3 Å². The van der Waals surface area contributed by atoms with Crippen molar-refractivity contribution in [2.45, 2.75) is 12.8 Å². The Labute approximate surface area is 188 Å². The highest BCUT2D eigenvalue weighted by molar-refractivity contribution is 5.92. The van der Waals surface area contributed by atoms with E-state index in [4.69, 9.17) is 4.74 Å². The number of carbonyl (C=O) groups is 1. The number of amides is 1. The Bertz CT molecular complexity index is 1070. The molecule has 0 saturated carbocycles. The predicted molar refractivity (Wildman–Crippen MR) is 126 cm³/mol. The lowest BCUT2D eigenvalue weighted by Crippen LogP contribution is -2.51. The number of methoxy groups -OCH3 is 1. The number of carbonyl (C=O) groups excluding carboxylic acids is 1. The number of rotatable bonds is 4. The van der Waals surface area contributed by atoms with E-state index < -0.39 is 0 Å². The minimum Gasteiger partial charge on any atom is -0.497 e. The summed E-state index contributed by atoms with van der Waals surface area (Å²) in [7, 11) is 1.69. The number of hydrogen-bond donors (Lipinski definition) is 0.